The summed E-state index contributed by atoms with van der Waals surface area (Å²) >= 11 is 1.35. The molecule has 1 fully saturated rings. The number of thioether (sulfide) groups is 1. The lowest BCUT2D eigenvalue weighted by atomic mass is 10.0. The summed E-state index contributed by atoms with van der Waals surface area (Å²) in [5.41, 5.74) is 4.89. The fraction of sp³-hybridized carbons (Fsp3) is 0.348. The van der Waals surface area contributed by atoms with E-state index in [0.717, 1.165) is 22.5 Å². The summed E-state index contributed by atoms with van der Waals surface area (Å²) in [7, 11) is 1.71. The zero-order valence-electron chi connectivity index (χ0n) is 17.5. The van der Waals surface area contributed by atoms with E-state index in [0.29, 0.717) is 11.1 Å². The first-order valence-corrected chi connectivity index (χ1v) is 10.6. The maximum atomic E-state index is 12.6. The summed E-state index contributed by atoms with van der Waals surface area (Å²) in [6.45, 7) is 8.21. The van der Waals surface area contributed by atoms with E-state index in [4.69, 9.17) is 0 Å². The Morgan fingerprint density at radius 3 is 2.34 bits per heavy atom. The van der Waals surface area contributed by atoms with E-state index in [1.165, 1.54) is 22.2 Å². The molecule has 2 aromatic carbocycles. The molecule has 0 bridgehead atoms. The lowest BCUT2D eigenvalue weighted by Gasteiger charge is -2.12. The van der Waals surface area contributed by atoms with Gasteiger partial charge in [0.25, 0.3) is 0 Å². The number of nitrogens with zero attached hydrogens (tertiary/aromatic N) is 2. The molecule has 1 N–H and O–H groups in total. The molecule has 2 amide bonds. The maximum absolute atomic E-state index is 12.6. The normalized spacial score (nSPS) is 18.0. The Morgan fingerprint density at radius 1 is 1.14 bits per heavy atom. The van der Waals surface area contributed by atoms with Gasteiger partial charge in [-0.25, -0.2) is 4.99 Å². The van der Waals surface area contributed by atoms with E-state index >= 15 is 0 Å². The third-order valence-electron chi connectivity index (χ3n) is 5.04. The van der Waals surface area contributed by atoms with Gasteiger partial charge in [0.1, 0.15) is 5.25 Å². The zero-order chi connectivity index (χ0) is 21.1. The highest BCUT2D eigenvalue weighted by Gasteiger charge is 2.37. The first-order chi connectivity index (χ1) is 13.8. The molecular formula is C23H27N3O2S. The summed E-state index contributed by atoms with van der Waals surface area (Å²) in [5.74, 6) is 0.204. The number of carbonyl (C=O) groups is 2. The zero-order valence-corrected chi connectivity index (χ0v) is 18.3. The van der Waals surface area contributed by atoms with Crippen molar-refractivity contribution < 1.29 is 9.59 Å². The molecule has 0 aromatic heterocycles. The number of rotatable bonds is 5. The molecule has 1 unspecified atom stereocenters. The Balaban J connectivity index is 1.69. The van der Waals surface area contributed by atoms with Crippen molar-refractivity contribution in [1.82, 2.24) is 4.90 Å². The standard InChI is InChI=1S/C23H27N3O2S/c1-14(2)17-9-11-18(12-10-17)24-23-26(5)22(28)19(29-23)13-20(27)25-21-15(3)7-6-8-16(21)4/h6-12,14,19H,13H2,1-5H3,(H,25,27). The van der Waals surface area contributed by atoms with Gasteiger partial charge in [-0.05, 0) is 48.6 Å². The first-order valence-electron chi connectivity index (χ1n) is 9.75. The van der Waals surface area contributed by atoms with Crippen LogP contribution in [0.4, 0.5) is 11.4 Å². The molecule has 0 aliphatic carbocycles. The number of amides is 2. The first kappa shape index (κ1) is 21.1. The summed E-state index contributed by atoms with van der Waals surface area (Å²) in [6.07, 6.45) is 0.118. The largest absolute Gasteiger partial charge is 0.326 e. The average molecular weight is 410 g/mol. The highest BCUT2D eigenvalue weighted by atomic mass is 32.2. The highest BCUT2D eigenvalue weighted by Crippen LogP contribution is 2.31. The van der Waals surface area contributed by atoms with Gasteiger partial charge >= 0.3 is 0 Å². The number of nitrogens with one attached hydrogen (secondary N) is 1. The Hall–Kier alpha value is -2.60. The van der Waals surface area contributed by atoms with Crippen LogP contribution in [-0.4, -0.2) is 34.2 Å². The monoisotopic (exact) mass is 409 g/mol. The van der Waals surface area contributed by atoms with Gasteiger partial charge in [-0.1, -0.05) is 55.9 Å². The summed E-state index contributed by atoms with van der Waals surface area (Å²) in [5, 5.41) is 3.12. The van der Waals surface area contributed by atoms with Crippen LogP contribution in [0.2, 0.25) is 0 Å². The molecule has 3 rings (SSSR count). The minimum absolute atomic E-state index is 0.0933. The number of para-hydroxylation sites is 1. The second kappa shape index (κ2) is 8.82. The lowest BCUT2D eigenvalue weighted by Crippen LogP contribution is -2.30. The molecule has 0 saturated carbocycles. The van der Waals surface area contributed by atoms with Crippen LogP contribution in [0, 0.1) is 13.8 Å². The molecule has 6 heteroatoms. The van der Waals surface area contributed by atoms with Crippen LogP contribution < -0.4 is 5.32 Å². The van der Waals surface area contributed by atoms with Gasteiger partial charge < -0.3 is 5.32 Å². The molecule has 1 aliphatic rings. The van der Waals surface area contributed by atoms with E-state index in [-0.39, 0.29) is 18.2 Å². The van der Waals surface area contributed by atoms with Crippen molar-refractivity contribution in [2.75, 3.05) is 12.4 Å². The molecule has 0 spiro atoms. The van der Waals surface area contributed by atoms with Crippen molar-refractivity contribution in [2.45, 2.75) is 45.3 Å². The van der Waals surface area contributed by atoms with Crippen molar-refractivity contribution in [1.29, 1.82) is 0 Å². The van der Waals surface area contributed by atoms with E-state index < -0.39 is 5.25 Å². The molecular weight excluding hydrogens is 382 g/mol. The van der Waals surface area contributed by atoms with Gasteiger partial charge in [0.15, 0.2) is 5.17 Å². The molecule has 1 heterocycles. The second-order valence-corrected chi connectivity index (χ2v) is 8.83. The van der Waals surface area contributed by atoms with E-state index in [2.05, 4.69) is 36.3 Å². The molecule has 1 atom stereocenters. The molecule has 2 aromatic rings. The number of aliphatic imine (C=N–C) groups is 1. The van der Waals surface area contributed by atoms with Crippen LogP contribution >= 0.6 is 11.8 Å². The van der Waals surface area contributed by atoms with Gasteiger partial charge in [0.05, 0.1) is 5.69 Å². The smallest absolute Gasteiger partial charge is 0.242 e. The predicted molar refractivity (Wildman–Crippen MR) is 121 cm³/mol. The molecule has 0 radical (unpaired) electrons. The molecule has 1 aliphatic heterocycles. The van der Waals surface area contributed by atoms with Crippen LogP contribution in [0.5, 0.6) is 0 Å². The van der Waals surface area contributed by atoms with Gasteiger partial charge in [-0.2, -0.15) is 0 Å². The summed E-state index contributed by atoms with van der Waals surface area (Å²) < 4.78 is 0. The SMILES string of the molecule is Cc1cccc(C)c1NC(=O)CC1SC(=Nc2ccc(C(C)C)cc2)N(C)C1=O. The Bertz CT molecular complexity index is 931. The number of hydrogen-bond acceptors (Lipinski definition) is 4. The average Bonchev–Trinajstić information content (AvgIpc) is 2.93. The van der Waals surface area contributed by atoms with Gasteiger partial charge in [-0.15, -0.1) is 0 Å². The second-order valence-electron chi connectivity index (χ2n) is 7.66. The minimum Gasteiger partial charge on any atom is -0.326 e. The maximum Gasteiger partial charge on any atom is 0.242 e. The fourth-order valence-corrected chi connectivity index (χ4v) is 4.37. The van der Waals surface area contributed by atoms with E-state index in [9.17, 15) is 9.59 Å². The Kier molecular flexibility index (Phi) is 6.42. The number of benzene rings is 2. The quantitative estimate of drug-likeness (QED) is 0.754. The predicted octanol–water partition coefficient (Wildman–Crippen LogP) is 5.02. The van der Waals surface area contributed by atoms with Crippen molar-refractivity contribution in [3.05, 3.63) is 59.2 Å². The minimum atomic E-state index is -0.460. The fourth-order valence-electron chi connectivity index (χ4n) is 3.21. The number of anilines is 1. The Morgan fingerprint density at radius 2 is 1.76 bits per heavy atom. The van der Waals surface area contributed by atoms with Crippen molar-refractivity contribution >= 4 is 40.1 Å². The molecule has 29 heavy (non-hydrogen) atoms. The third kappa shape index (κ3) is 4.88. The molecule has 152 valence electrons. The number of carbonyl (C=O) groups excluding carboxylic acids is 2. The topological polar surface area (TPSA) is 61.8 Å². The highest BCUT2D eigenvalue weighted by molar-refractivity contribution is 8.15. The van der Waals surface area contributed by atoms with Gasteiger partial charge in [0, 0.05) is 19.2 Å². The van der Waals surface area contributed by atoms with Crippen LogP contribution in [0.1, 0.15) is 42.9 Å². The van der Waals surface area contributed by atoms with Crippen molar-refractivity contribution in [2.24, 2.45) is 4.99 Å². The number of amidine groups is 1. The molecule has 5 nitrogen and oxygen atoms in total. The van der Waals surface area contributed by atoms with Crippen LogP contribution in [0.15, 0.2) is 47.5 Å². The van der Waals surface area contributed by atoms with Crippen molar-refractivity contribution in [3.8, 4) is 0 Å². The third-order valence-corrected chi connectivity index (χ3v) is 6.27. The number of aryl methyl sites for hydroxylation is 2. The van der Waals surface area contributed by atoms with Crippen LogP contribution in [0.25, 0.3) is 0 Å². The van der Waals surface area contributed by atoms with Gasteiger partial charge in [0.2, 0.25) is 11.8 Å². The Labute approximate surface area is 176 Å². The van der Waals surface area contributed by atoms with E-state index in [1.807, 2.05) is 44.2 Å². The lowest BCUT2D eigenvalue weighted by molar-refractivity contribution is -0.127. The van der Waals surface area contributed by atoms with Crippen LogP contribution in [-0.2, 0) is 9.59 Å². The van der Waals surface area contributed by atoms with E-state index in [1.54, 1.807) is 7.05 Å². The van der Waals surface area contributed by atoms with Crippen molar-refractivity contribution in [3.63, 3.8) is 0 Å². The summed E-state index contributed by atoms with van der Waals surface area (Å²) in [4.78, 5) is 31.3. The van der Waals surface area contributed by atoms with Gasteiger partial charge in [-0.3, -0.25) is 14.5 Å². The number of hydrogen-bond donors (Lipinski definition) is 1. The molecule has 1 saturated heterocycles. The van der Waals surface area contributed by atoms with Crippen LogP contribution in [0.3, 0.4) is 0 Å². The summed E-state index contributed by atoms with van der Waals surface area (Å²) in [6, 6.07) is 13.9.